The fraction of sp³-hybridized carbons (Fsp3) is 0.688. The Morgan fingerprint density at radius 2 is 2.11 bits per heavy atom. The Kier molecular flexibility index (Phi) is 4.14. The Morgan fingerprint density at radius 1 is 1.42 bits per heavy atom. The monoisotopic (exact) mass is 261 g/mol. The molecule has 0 radical (unpaired) electrons. The van der Waals surface area contributed by atoms with Gasteiger partial charge in [0.05, 0.1) is 0 Å². The molecular formula is C16H27N3. The molecule has 1 heterocycles. The maximum atomic E-state index is 4.51. The number of aromatic nitrogens is 1. The van der Waals surface area contributed by atoms with Crippen LogP contribution in [0.1, 0.15) is 46.1 Å². The van der Waals surface area contributed by atoms with Gasteiger partial charge in [-0.15, -0.1) is 0 Å². The van der Waals surface area contributed by atoms with Crippen molar-refractivity contribution < 1.29 is 0 Å². The lowest BCUT2D eigenvalue weighted by Crippen LogP contribution is -2.35. The zero-order chi connectivity index (χ0) is 14.0. The molecule has 1 aromatic rings. The van der Waals surface area contributed by atoms with Crippen molar-refractivity contribution in [1.29, 1.82) is 0 Å². The highest BCUT2D eigenvalue weighted by Gasteiger charge is 2.31. The number of pyridine rings is 1. The van der Waals surface area contributed by atoms with E-state index in [0.717, 1.165) is 18.3 Å². The number of hydrogen-bond acceptors (Lipinski definition) is 3. The summed E-state index contributed by atoms with van der Waals surface area (Å²) in [5.74, 6) is 1.95. The fourth-order valence-electron chi connectivity index (χ4n) is 2.23. The Bertz CT molecular complexity index is 418. The van der Waals surface area contributed by atoms with Crippen LogP contribution in [0, 0.1) is 5.92 Å². The highest BCUT2D eigenvalue weighted by Crippen LogP contribution is 2.35. The van der Waals surface area contributed by atoms with Gasteiger partial charge in [0, 0.05) is 31.4 Å². The molecule has 1 saturated carbocycles. The molecule has 1 atom stereocenters. The van der Waals surface area contributed by atoms with Crippen LogP contribution in [0.3, 0.4) is 0 Å². The lowest BCUT2D eigenvalue weighted by molar-refractivity contribution is 0.424. The second-order valence-corrected chi connectivity index (χ2v) is 6.81. The molecule has 1 unspecified atom stereocenters. The number of hydrogen-bond donors (Lipinski definition) is 1. The number of nitrogens with one attached hydrogen (secondary N) is 1. The van der Waals surface area contributed by atoms with Crippen LogP contribution < -0.4 is 10.2 Å². The highest BCUT2D eigenvalue weighted by molar-refractivity contribution is 5.41. The molecule has 1 aliphatic rings. The second kappa shape index (κ2) is 5.49. The molecule has 1 aliphatic carbocycles. The summed E-state index contributed by atoms with van der Waals surface area (Å²) in [6.07, 6.45) is 4.67. The fourth-order valence-corrected chi connectivity index (χ4v) is 2.23. The Morgan fingerprint density at radius 3 is 2.68 bits per heavy atom. The molecule has 2 rings (SSSR count). The van der Waals surface area contributed by atoms with E-state index >= 15 is 0 Å². The van der Waals surface area contributed by atoms with Crippen molar-refractivity contribution in [1.82, 2.24) is 10.3 Å². The highest BCUT2D eigenvalue weighted by atomic mass is 15.2. The van der Waals surface area contributed by atoms with E-state index in [1.54, 1.807) is 0 Å². The van der Waals surface area contributed by atoms with Gasteiger partial charge < -0.3 is 10.2 Å². The zero-order valence-electron chi connectivity index (χ0n) is 12.9. The molecule has 1 N–H and O–H groups in total. The molecule has 3 nitrogen and oxygen atoms in total. The van der Waals surface area contributed by atoms with Gasteiger partial charge in [-0.05, 0) is 64.2 Å². The van der Waals surface area contributed by atoms with Crippen LogP contribution in [0.2, 0.25) is 0 Å². The molecule has 0 saturated heterocycles. The van der Waals surface area contributed by atoms with Crippen LogP contribution in [0.15, 0.2) is 18.3 Å². The van der Waals surface area contributed by atoms with Crippen molar-refractivity contribution in [3.63, 3.8) is 0 Å². The summed E-state index contributed by atoms with van der Waals surface area (Å²) >= 11 is 0. The molecule has 106 valence electrons. The van der Waals surface area contributed by atoms with Crippen LogP contribution in [0.5, 0.6) is 0 Å². The molecule has 0 aliphatic heterocycles. The van der Waals surface area contributed by atoms with Crippen molar-refractivity contribution in [3.05, 3.63) is 23.9 Å². The quantitative estimate of drug-likeness (QED) is 0.882. The predicted molar refractivity (Wildman–Crippen MR) is 81.4 cm³/mol. The summed E-state index contributed by atoms with van der Waals surface area (Å²) in [4.78, 5) is 6.83. The van der Waals surface area contributed by atoms with E-state index in [1.807, 2.05) is 6.20 Å². The largest absolute Gasteiger partial charge is 0.357 e. The maximum Gasteiger partial charge on any atom is 0.128 e. The topological polar surface area (TPSA) is 28.2 Å². The van der Waals surface area contributed by atoms with E-state index in [2.05, 4.69) is 62.1 Å². The third-order valence-corrected chi connectivity index (χ3v) is 3.91. The van der Waals surface area contributed by atoms with Crippen LogP contribution in [0.25, 0.3) is 0 Å². The van der Waals surface area contributed by atoms with Gasteiger partial charge in [0.1, 0.15) is 5.82 Å². The lowest BCUT2D eigenvalue weighted by atomic mass is 10.1. The first-order chi connectivity index (χ1) is 8.87. The normalized spacial score (nSPS) is 17.3. The van der Waals surface area contributed by atoms with Crippen LogP contribution in [0.4, 0.5) is 5.82 Å². The van der Waals surface area contributed by atoms with Gasteiger partial charge in [0.15, 0.2) is 0 Å². The van der Waals surface area contributed by atoms with Gasteiger partial charge in [0.2, 0.25) is 0 Å². The average molecular weight is 261 g/mol. The number of nitrogens with zero attached hydrogens (tertiary/aromatic N) is 2. The molecule has 19 heavy (non-hydrogen) atoms. The van der Waals surface area contributed by atoms with Crippen LogP contribution >= 0.6 is 0 Å². The average Bonchev–Trinajstić information content (AvgIpc) is 3.18. The minimum absolute atomic E-state index is 0.149. The summed E-state index contributed by atoms with van der Waals surface area (Å²) in [6.45, 7) is 9.77. The van der Waals surface area contributed by atoms with Gasteiger partial charge in [-0.25, -0.2) is 4.98 Å². The molecular weight excluding hydrogens is 234 g/mol. The van der Waals surface area contributed by atoms with E-state index in [9.17, 15) is 0 Å². The summed E-state index contributed by atoms with van der Waals surface area (Å²) in [7, 11) is 2.16. The van der Waals surface area contributed by atoms with Gasteiger partial charge in [-0.3, -0.25) is 0 Å². The summed E-state index contributed by atoms with van der Waals surface area (Å²) in [6, 6.07) is 4.90. The minimum atomic E-state index is 0.149. The van der Waals surface area contributed by atoms with Gasteiger partial charge in [-0.1, -0.05) is 0 Å². The van der Waals surface area contributed by atoms with E-state index in [1.165, 1.54) is 18.4 Å². The standard InChI is InChI=1S/C16H27N3/c1-12(14-6-7-14)19(5)15-10-13(8-9-17-15)11-18-16(2,3)4/h8-10,12,14,18H,6-7,11H2,1-5H3. The number of rotatable bonds is 5. The van der Waals surface area contributed by atoms with Crippen LogP contribution in [-0.4, -0.2) is 23.6 Å². The van der Waals surface area contributed by atoms with E-state index in [0.29, 0.717) is 6.04 Å². The van der Waals surface area contributed by atoms with Crippen molar-refractivity contribution in [2.45, 2.75) is 58.7 Å². The van der Waals surface area contributed by atoms with Gasteiger partial charge >= 0.3 is 0 Å². The lowest BCUT2D eigenvalue weighted by Gasteiger charge is -2.26. The van der Waals surface area contributed by atoms with Crippen LogP contribution in [-0.2, 0) is 6.54 Å². The molecule has 0 bridgehead atoms. The first-order valence-corrected chi connectivity index (χ1v) is 7.29. The third-order valence-electron chi connectivity index (χ3n) is 3.91. The van der Waals surface area contributed by atoms with Crippen molar-refractivity contribution in [2.75, 3.05) is 11.9 Å². The van der Waals surface area contributed by atoms with Gasteiger partial charge in [-0.2, -0.15) is 0 Å². The molecule has 1 fully saturated rings. The predicted octanol–water partition coefficient (Wildman–Crippen LogP) is 3.20. The first-order valence-electron chi connectivity index (χ1n) is 7.29. The summed E-state index contributed by atoms with van der Waals surface area (Å²) in [5, 5.41) is 3.52. The minimum Gasteiger partial charge on any atom is -0.357 e. The van der Waals surface area contributed by atoms with Crippen molar-refractivity contribution in [2.24, 2.45) is 5.92 Å². The Labute approximate surface area is 117 Å². The smallest absolute Gasteiger partial charge is 0.128 e. The maximum absolute atomic E-state index is 4.51. The first kappa shape index (κ1) is 14.3. The van der Waals surface area contributed by atoms with E-state index in [4.69, 9.17) is 0 Å². The SMILES string of the molecule is CC(C1CC1)N(C)c1cc(CNC(C)(C)C)ccn1. The van der Waals surface area contributed by atoms with Crippen molar-refractivity contribution >= 4 is 5.82 Å². The Balaban J connectivity index is 2.01. The zero-order valence-corrected chi connectivity index (χ0v) is 12.9. The van der Waals surface area contributed by atoms with Crippen molar-refractivity contribution in [3.8, 4) is 0 Å². The Hall–Kier alpha value is -1.09. The number of anilines is 1. The molecule has 0 aromatic carbocycles. The van der Waals surface area contributed by atoms with Gasteiger partial charge in [0.25, 0.3) is 0 Å². The third kappa shape index (κ3) is 4.20. The second-order valence-electron chi connectivity index (χ2n) is 6.81. The molecule has 1 aromatic heterocycles. The molecule has 3 heteroatoms. The molecule has 0 spiro atoms. The summed E-state index contributed by atoms with van der Waals surface area (Å²) < 4.78 is 0. The summed E-state index contributed by atoms with van der Waals surface area (Å²) in [5.41, 5.74) is 1.45. The molecule has 0 amide bonds. The van der Waals surface area contributed by atoms with E-state index < -0.39 is 0 Å². The van der Waals surface area contributed by atoms with E-state index in [-0.39, 0.29) is 5.54 Å².